The Bertz CT molecular complexity index is 761. The maximum Gasteiger partial charge on any atom is 0.289 e. The van der Waals surface area contributed by atoms with Crippen LogP contribution < -0.4 is 4.74 Å². The van der Waals surface area contributed by atoms with Gasteiger partial charge in [-0.2, -0.15) is 0 Å². The Morgan fingerprint density at radius 2 is 1.92 bits per heavy atom. The molecule has 6 nitrogen and oxygen atoms in total. The van der Waals surface area contributed by atoms with E-state index in [1.165, 1.54) is 0 Å². The quantitative estimate of drug-likeness (QED) is 0.854. The molecule has 0 saturated carbocycles. The number of aromatic nitrogens is 1. The van der Waals surface area contributed by atoms with Crippen molar-refractivity contribution >= 4 is 5.91 Å². The Morgan fingerprint density at radius 1 is 1.20 bits per heavy atom. The van der Waals surface area contributed by atoms with E-state index in [4.69, 9.17) is 9.15 Å². The molecule has 134 valence electrons. The number of ether oxygens (including phenoxy) is 1. The van der Waals surface area contributed by atoms with Crippen LogP contribution in [0.5, 0.6) is 5.75 Å². The van der Waals surface area contributed by atoms with E-state index in [-0.39, 0.29) is 5.91 Å². The van der Waals surface area contributed by atoms with Gasteiger partial charge in [0.05, 0.1) is 12.8 Å². The van der Waals surface area contributed by atoms with Crippen LogP contribution in [0, 0.1) is 20.8 Å². The number of furan rings is 1. The summed E-state index contributed by atoms with van der Waals surface area (Å²) in [5.74, 6) is 2.06. The number of pyridine rings is 1. The van der Waals surface area contributed by atoms with E-state index in [2.05, 4.69) is 9.88 Å². The SMILES string of the molecule is COc1c(C)cnc(CN2CCN(C(=O)c3ccc(C)o3)CC2)c1C. The monoisotopic (exact) mass is 343 g/mol. The first kappa shape index (κ1) is 17.5. The molecule has 0 N–H and O–H groups in total. The lowest BCUT2D eigenvalue weighted by molar-refractivity contribution is 0.0595. The molecule has 1 aliphatic rings. The molecular formula is C19H25N3O3. The van der Waals surface area contributed by atoms with Gasteiger partial charge in [0.2, 0.25) is 0 Å². The Hall–Kier alpha value is -2.34. The van der Waals surface area contributed by atoms with Gasteiger partial charge in [0.25, 0.3) is 5.91 Å². The average molecular weight is 343 g/mol. The van der Waals surface area contributed by atoms with Crippen LogP contribution in [0.3, 0.4) is 0 Å². The maximum atomic E-state index is 12.4. The zero-order valence-corrected chi connectivity index (χ0v) is 15.3. The van der Waals surface area contributed by atoms with Crippen LogP contribution in [0.15, 0.2) is 22.7 Å². The van der Waals surface area contributed by atoms with Gasteiger partial charge >= 0.3 is 0 Å². The highest BCUT2D eigenvalue weighted by Gasteiger charge is 2.24. The molecule has 2 aromatic rings. The second-order valence-electron chi connectivity index (χ2n) is 6.52. The highest BCUT2D eigenvalue weighted by atomic mass is 16.5. The highest BCUT2D eigenvalue weighted by molar-refractivity contribution is 5.91. The van der Waals surface area contributed by atoms with Crippen molar-refractivity contribution in [3.63, 3.8) is 0 Å². The van der Waals surface area contributed by atoms with Gasteiger partial charge in [-0.05, 0) is 32.9 Å². The van der Waals surface area contributed by atoms with Gasteiger partial charge in [0.1, 0.15) is 11.5 Å². The molecule has 0 unspecified atom stereocenters. The van der Waals surface area contributed by atoms with Gasteiger partial charge in [-0.1, -0.05) is 0 Å². The van der Waals surface area contributed by atoms with Crippen molar-refractivity contribution in [1.29, 1.82) is 0 Å². The standard InChI is InChI=1S/C19H25N3O3/c1-13-11-20-16(15(3)18(13)24-4)12-21-7-9-22(10-8-21)19(23)17-6-5-14(2)25-17/h5-6,11H,7-10,12H2,1-4H3. The molecule has 0 spiro atoms. The summed E-state index contributed by atoms with van der Waals surface area (Å²) >= 11 is 0. The van der Waals surface area contributed by atoms with Gasteiger partial charge in [-0.25, -0.2) is 0 Å². The summed E-state index contributed by atoms with van der Waals surface area (Å²) in [4.78, 5) is 21.2. The van der Waals surface area contributed by atoms with Crippen molar-refractivity contribution in [2.45, 2.75) is 27.3 Å². The van der Waals surface area contributed by atoms with Crippen molar-refractivity contribution in [3.05, 3.63) is 46.7 Å². The molecule has 0 atom stereocenters. The second-order valence-corrected chi connectivity index (χ2v) is 6.52. The Kier molecular flexibility index (Phi) is 5.08. The molecule has 3 heterocycles. The van der Waals surface area contributed by atoms with E-state index in [9.17, 15) is 4.79 Å². The minimum Gasteiger partial charge on any atom is -0.496 e. The summed E-state index contributed by atoms with van der Waals surface area (Å²) in [6, 6.07) is 3.57. The topological polar surface area (TPSA) is 58.8 Å². The minimum atomic E-state index is -0.0286. The van der Waals surface area contributed by atoms with Crippen molar-refractivity contribution in [3.8, 4) is 5.75 Å². The number of amides is 1. The molecule has 1 amide bonds. The Labute approximate surface area is 148 Å². The summed E-state index contributed by atoms with van der Waals surface area (Å²) in [5.41, 5.74) is 3.17. The van der Waals surface area contributed by atoms with Gasteiger partial charge in [0, 0.05) is 50.0 Å². The van der Waals surface area contributed by atoms with Crippen LogP contribution in [-0.4, -0.2) is 54.0 Å². The molecule has 1 saturated heterocycles. The lowest BCUT2D eigenvalue weighted by atomic mass is 10.1. The molecule has 2 aromatic heterocycles. The number of nitrogens with zero attached hydrogens (tertiary/aromatic N) is 3. The number of carbonyl (C=O) groups is 1. The van der Waals surface area contributed by atoms with E-state index >= 15 is 0 Å². The lowest BCUT2D eigenvalue weighted by Crippen LogP contribution is -2.48. The fraction of sp³-hybridized carbons (Fsp3) is 0.474. The van der Waals surface area contributed by atoms with E-state index in [1.54, 1.807) is 13.2 Å². The third kappa shape index (κ3) is 3.69. The van der Waals surface area contributed by atoms with E-state index in [0.717, 1.165) is 48.0 Å². The van der Waals surface area contributed by atoms with Crippen LogP contribution in [-0.2, 0) is 6.54 Å². The molecule has 0 aliphatic carbocycles. The number of rotatable bonds is 4. The van der Waals surface area contributed by atoms with Crippen molar-refractivity contribution in [2.24, 2.45) is 0 Å². The number of aryl methyl sites for hydroxylation is 2. The van der Waals surface area contributed by atoms with Gasteiger partial charge < -0.3 is 14.1 Å². The number of hydrogen-bond acceptors (Lipinski definition) is 5. The summed E-state index contributed by atoms with van der Waals surface area (Å²) in [7, 11) is 1.69. The zero-order valence-electron chi connectivity index (χ0n) is 15.3. The third-order valence-corrected chi connectivity index (χ3v) is 4.73. The minimum absolute atomic E-state index is 0.0286. The molecule has 0 bridgehead atoms. The normalized spacial score (nSPS) is 15.4. The summed E-state index contributed by atoms with van der Waals surface area (Å²) in [6.07, 6.45) is 1.86. The Morgan fingerprint density at radius 3 is 2.52 bits per heavy atom. The average Bonchev–Trinajstić information content (AvgIpc) is 3.04. The molecule has 0 radical (unpaired) electrons. The Balaban J connectivity index is 1.61. The zero-order chi connectivity index (χ0) is 18.0. The third-order valence-electron chi connectivity index (χ3n) is 4.73. The van der Waals surface area contributed by atoms with Crippen molar-refractivity contribution in [2.75, 3.05) is 33.3 Å². The number of methoxy groups -OCH3 is 1. The highest BCUT2D eigenvalue weighted by Crippen LogP contribution is 2.25. The first-order valence-electron chi connectivity index (χ1n) is 8.56. The molecule has 25 heavy (non-hydrogen) atoms. The fourth-order valence-electron chi connectivity index (χ4n) is 3.26. The predicted octanol–water partition coefficient (Wildman–Crippen LogP) is 2.57. The van der Waals surface area contributed by atoms with Crippen LogP contribution in [0.25, 0.3) is 0 Å². The molecule has 1 aliphatic heterocycles. The summed E-state index contributed by atoms with van der Waals surface area (Å²) in [5, 5.41) is 0. The van der Waals surface area contributed by atoms with Crippen LogP contribution >= 0.6 is 0 Å². The second kappa shape index (κ2) is 7.27. The molecule has 1 fully saturated rings. The first-order chi connectivity index (χ1) is 12.0. The van der Waals surface area contributed by atoms with Gasteiger partial charge in [-0.15, -0.1) is 0 Å². The van der Waals surface area contributed by atoms with Crippen molar-refractivity contribution < 1.29 is 13.9 Å². The van der Waals surface area contributed by atoms with E-state index < -0.39 is 0 Å². The first-order valence-corrected chi connectivity index (χ1v) is 8.56. The predicted molar refractivity (Wildman–Crippen MR) is 94.9 cm³/mol. The molecule has 3 rings (SSSR count). The molecule has 6 heteroatoms. The van der Waals surface area contributed by atoms with Crippen LogP contribution in [0.2, 0.25) is 0 Å². The fourth-order valence-corrected chi connectivity index (χ4v) is 3.26. The van der Waals surface area contributed by atoms with Gasteiger partial charge in [0.15, 0.2) is 5.76 Å². The van der Waals surface area contributed by atoms with Crippen LogP contribution in [0.1, 0.15) is 33.1 Å². The van der Waals surface area contributed by atoms with E-state index in [1.807, 2.05) is 37.9 Å². The summed E-state index contributed by atoms with van der Waals surface area (Å²) in [6.45, 7) is 9.70. The van der Waals surface area contributed by atoms with Gasteiger partial charge in [-0.3, -0.25) is 14.7 Å². The van der Waals surface area contributed by atoms with Crippen LogP contribution in [0.4, 0.5) is 0 Å². The number of hydrogen-bond donors (Lipinski definition) is 0. The smallest absolute Gasteiger partial charge is 0.289 e. The molecule has 0 aromatic carbocycles. The number of piperazine rings is 1. The molecular weight excluding hydrogens is 318 g/mol. The van der Waals surface area contributed by atoms with Crippen molar-refractivity contribution in [1.82, 2.24) is 14.8 Å². The number of carbonyl (C=O) groups excluding carboxylic acids is 1. The lowest BCUT2D eigenvalue weighted by Gasteiger charge is -2.34. The largest absolute Gasteiger partial charge is 0.496 e. The van der Waals surface area contributed by atoms with E-state index in [0.29, 0.717) is 18.8 Å². The summed E-state index contributed by atoms with van der Waals surface area (Å²) < 4.78 is 10.9. The maximum absolute atomic E-state index is 12.4.